The van der Waals surface area contributed by atoms with Gasteiger partial charge in [0.2, 0.25) is 0 Å². The first-order valence-corrected chi connectivity index (χ1v) is 7.89. The van der Waals surface area contributed by atoms with E-state index in [-0.39, 0.29) is 0 Å². The molecule has 20 heavy (non-hydrogen) atoms. The van der Waals surface area contributed by atoms with Gasteiger partial charge in [-0.25, -0.2) is 0 Å². The minimum Gasteiger partial charge on any atom is -0.312 e. The third-order valence-electron chi connectivity index (χ3n) is 3.90. The molecule has 0 aromatic heterocycles. The van der Waals surface area contributed by atoms with Crippen LogP contribution in [0.15, 0.2) is 24.3 Å². The van der Waals surface area contributed by atoms with Crippen molar-refractivity contribution in [3.63, 3.8) is 0 Å². The number of piperidine rings is 1. The summed E-state index contributed by atoms with van der Waals surface area (Å²) in [6, 6.07) is 8.93. The molecule has 0 radical (unpaired) electrons. The van der Waals surface area contributed by atoms with E-state index in [0.29, 0.717) is 17.4 Å². The highest BCUT2D eigenvalue weighted by molar-refractivity contribution is 6.30. The van der Waals surface area contributed by atoms with Crippen LogP contribution < -0.4 is 5.32 Å². The van der Waals surface area contributed by atoms with Crippen LogP contribution in [0.2, 0.25) is 5.02 Å². The average Bonchev–Trinajstić information content (AvgIpc) is 2.36. The Balaban J connectivity index is 1.99. The highest BCUT2D eigenvalue weighted by Gasteiger charge is 2.26. The lowest BCUT2D eigenvalue weighted by molar-refractivity contribution is 0.193. The monoisotopic (exact) mass is 294 g/mol. The van der Waals surface area contributed by atoms with E-state index in [2.05, 4.69) is 50.2 Å². The molecule has 0 amide bonds. The van der Waals surface area contributed by atoms with E-state index in [1.54, 1.807) is 0 Å². The summed E-state index contributed by atoms with van der Waals surface area (Å²) >= 11 is 5.99. The third kappa shape index (κ3) is 4.76. The maximum atomic E-state index is 5.99. The maximum absolute atomic E-state index is 5.99. The van der Waals surface area contributed by atoms with Gasteiger partial charge in [-0.1, -0.05) is 44.5 Å². The molecule has 1 aliphatic rings. The van der Waals surface area contributed by atoms with Crippen molar-refractivity contribution in [2.75, 3.05) is 26.7 Å². The van der Waals surface area contributed by atoms with Crippen molar-refractivity contribution < 1.29 is 0 Å². The van der Waals surface area contributed by atoms with Gasteiger partial charge in [0, 0.05) is 30.7 Å². The Kier molecular flexibility index (Phi) is 5.11. The van der Waals surface area contributed by atoms with Crippen LogP contribution in [0.25, 0.3) is 0 Å². The predicted molar refractivity (Wildman–Crippen MR) is 87.6 cm³/mol. The van der Waals surface area contributed by atoms with Gasteiger partial charge in [0.1, 0.15) is 0 Å². The Morgan fingerprint density at radius 3 is 2.45 bits per heavy atom. The maximum Gasteiger partial charge on any atom is 0.0406 e. The molecule has 1 aliphatic heterocycles. The lowest BCUT2D eigenvalue weighted by atomic mass is 9.87. The minimum absolute atomic E-state index is 0.339. The lowest BCUT2D eigenvalue weighted by Gasteiger charge is -2.37. The van der Waals surface area contributed by atoms with Gasteiger partial charge in [0.15, 0.2) is 0 Å². The highest BCUT2D eigenvalue weighted by atomic mass is 35.5. The Morgan fingerprint density at radius 1 is 1.20 bits per heavy atom. The molecule has 1 aromatic carbocycles. The van der Waals surface area contributed by atoms with Crippen molar-refractivity contribution in [1.82, 2.24) is 10.2 Å². The third-order valence-corrected chi connectivity index (χ3v) is 4.15. The van der Waals surface area contributed by atoms with Gasteiger partial charge in [-0.3, -0.25) is 0 Å². The summed E-state index contributed by atoms with van der Waals surface area (Å²) in [4.78, 5) is 2.43. The zero-order valence-electron chi connectivity index (χ0n) is 13.1. The van der Waals surface area contributed by atoms with Gasteiger partial charge in [-0.2, -0.15) is 0 Å². The van der Waals surface area contributed by atoms with E-state index in [4.69, 9.17) is 11.6 Å². The molecule has 1 N–H and O–H groups in total. The largest absolute Gasteiger partial charge is 0.312 e. The van der Waals surface area contributed by atoms with E-state index >= 15 is 0 Å². The van der Waals surface area contributed by atoms with E-state index < -0.39 is 0 Å². The Hall–Kier alpha value is -0.570. The van der Waals surface area contributed by atoms with Crippen molar-refractivity contribution in [3.8, 4) is 0 Å². The Morgan fingerprint density at radius 2 is 1.85 bits per heavy atom. The summed E-state index contributed by atoms with van der Waals surface area (Å²) in [6.45, 7) is 10.2. The molecular weight excluding hydrogens is 268 g/mol. The number of hydrogen-bond donors (Lipinski definition) is 1. The topological polar surface area (TPSA) is 15.3 Å². The standard InChI is InChI=1S/C17H27ClN2/c1-17(2,3)12-19-16-9-14(10-20(4)11-16)13-5-7-15(18)8-6-13/h5-8,14,16,19H,9-12H2,1-4H3. The summed E-state index contributed by atoms with van der Waals surface area (Å²) in [5, 5.41) is 4.56. The van der Waals surface area contributed by atoms with E-state index in [9.17, 15) is 0 Å². The summed E-state index contributed by atoms with van der Waals surface area (Å²) in [6.07, 6.45) is 1.21. The summed E-state index contributed by atoms with van der Waals surface area (Å²) < 4.78 is 0. The molecule has 2 rings (SSSR count). The van der Waals surface area contributed by atoms with Crippen LogP contribution in [0.1, 0.15) is 38.7 Å². The molecule has 0 spiro atoms. The fourth-order valence-corrected chi connectivity index (χ4v) is 3.02. The second kappa shape index (κ2) is 6.46. The average molecular weight is 295 g/mol. The fourth-order valence-electron chi connectivity index (χ4n) is 2.89. The second-order valence-electron chi connectivity index (χ2n) is 7.34. The number of rotatable bonds is 3. The van der Waals surface area contributed by atoms with Crippen LogP contribution in [0.4, 0.5) is 0 Å². The highest BCUT2D eigenvalue weighted by Crippen LogP contribution is 2.27. The van der Waals surface area contributed by atoms with Gasteiger partial charge >= 0.3 is 0 Å². The number of hydrogen-bond acceptors (Lipinski definition) is 2. The van der Waals surface area contributed by atoms with Crippen molar-refractivity contribution >= 4 is 11.6 Å². The first kappa shape index (κ1) is 15.8. The first-order valence-electron chi connectivity index (χ1n) is 7.51. The molecule has 1 saturated heterocycles. The van der Waals surface area contributed by atoms with Gasteiger partial charge in [0.05, 0.1) is 0 Å². The zero-order valence-corrected chi connectivity index (χ0v) is 13.9. The number of likely N-dealkylation sites (N-methyl/N-ethyl adjacent to an activating group) is 1. The molecule has 2 nitrogen and oxygen atoms in total. The second-order valence-corrected chi connectivity index (χ2v) is 7.78. The molecule has 0 saturated carbocycles. The van der Waals surface area contributed by atoms with Gasteiger partial charge in [-0.15, -0.1) is 0 Å². The number of benzene rings is 1. The first-order chi connectivity index (χ1) is 9.33. The molecule has 1 heterocycles. The molecule has 0 bridgehead atoms. The lowest BCUT2D eigenvalue weighted by Crippen LogP contribution is -2.48. The van der Waals surface area contributed by atoms with E-state index in [1.165, 1.54) is 12.0 Å². The van der Waals surface area contributed by atoms with Crippen LogP contribution >= 0.6 is 11.6 Å². The van der Waals surface area contributed by atoms with Crippen molar-refractivity contribution in [2.45, 2.75) is 39.2 Å². The normalized spacial score (nSPS) is 24.9. The van der Waals surface area contributed by atoms with Crippen LogP contribution in [-0.4, -0.2) is 37.6 Å². The minimum atomic E-state index is 0.339. The number of halogens is 1. The molecule has 2 atom stereocenters. The van der Waals surface area contributed by atoms with Crippen LogP contribution in [-0.2, 0) is 0 Å². The zero-order chi connectivity index (χ0) is 14.8. The van der Waals surface area contributed by atoms with Crippen molar-refractivity contribution in [3.05, 3.63) is 34.9 Å². The quantitative estimate of drug-likeness (QED) is 0.913. The SMILES string of the molecule is CN1CC(NCC(C)(C)C)CC(c2ccc(Cl)cc2)C1. The van der Waals surface area contributed by atoms with Gasteiger partial charge < -0.3 is 10.2 Å². The summed E-state index contributed by atoms with van der Waals surface area (Å²) in [5.74, 6) is 0.600. The van der Waals surface area contributed by atoms with Gasteiger partial charge in [-0.05, 0) is 42.5 Å². The summed E-state index contributed by atoms with van der Waals surface area (Å²) in [5.41, 5.74) is 1.75. The Bertz CT molecular complexity index is 422. The van der Waals surface area contributed by atoms with Crippen LogP contribution in [0.5, 0.6) is 0 Å². The number of nitrogens with one attached hydrogen (secondary N) is 1. The molecule has 3 heteroatoms. The fraction of sp³-hybridized carbons (Fsp3) is 0.647. The van der Waals surface area contributed by atoms with E-state index in [0.717, 1.165) is 24.7 Å². The van der Waals surface area contributed by atoms with E-state index in [1.807, 2.05) is 12.1 Å². The molecule has 1 aromatic rings. The molecule has 1 fully saturated rings. The Labute approximate surface area is 128 Å². The van der Waals surface area contributed by atoms with Crippen LogP contribution in [0.3, 0.4) is 0 Å². The summed E-state index contributed by atoms with van der Waals surface area (Å²) in [7, 11) is 2.22. The number of nitrogens with zero attached hydrogens (tertiary/aromatic N) is 1. The molecular formula is C17H27ClN2. The molecule has 112 valence electrons. The van der Waals surface area contributed by atoms with Crippen molar-refractivity contribution in [2.24, 2.45) is 5.41 Å². The molecule has 2 unspecified atom stereocenters. The van der Waals surface area contributed by atoms with Crippen LogP contribution in [0, 0.1) is 5.41 Å². The smallest absolute Gasteiger partial charge is 0.0406 e. The number of likely N-dealkylation sites (tertiary alicyclic amines) is 1. The molecule has 0 aliphatic carbocycles. The predicted octanol–water partition coefficient (Wildman–Crippen LogP) is 3.76. The van der Waals surface area contributed by atoms with Crippen molar-refractivity contribution in [1.29, 1.82) is 0 Å². The van der Waals surface area contributed by atoms with Gasteiger partial charge in [0.25, 0.3) is 0 Å².